The fraction of sp³-hybridized carbons (Fsp3) is 0.222. The zero-order chi connectivity index (χ0) is 28.3. The van der Waals surface area contributed by atoms with E-state index in [9.17, 15) is 8.42 Å². The van der Waals surface area contributed by atoms with Crippen LogP contribution < -0.4 is 20.5 Å². The third-order valence-electron chi connectivity index (χ3n) is 6.38. The molecule has 0 amide bonds. The Balaban J connectivity index is 0.00000387. The number of ether oxygens (including phenoxy) is 1. The van der Waals surface area contributed by atoms with Gasteiger partial charge in [0.1, 0.15) is 4.90 Å². The summed E-state index contributed by atoms with van der Waals surface area (Å²) in [4.78, 5) is 13.0. The molecular weight excluding hydrogens is 614 g/mol. The van der Waals surface area contributed by atoms with Crippen molar-refractivity contribution < 1.29 is 17.5 Å². The fourth-order valence-electron chi connectivity index (χ4n) is 4.38. The van der Waals surface area contributed by atoms with Gasteiger partial charge in [0.25, 0.3) is 10.0 Å². The minimum Gasteiger partial charge on any atom is -0.434 e. The van der Waals surface area contributed by atoms with Crippen LogP contribution in [-0.2, 0) is 10.0 Å². The Morgan fingerprint density at radius 2 is 1.71 bits per heavy atom. The van der Waals surface area contributed by atoms with E-state index in [1.165, 1.54) is 30.5 Å². The molecule has 4 aromatic rings. The summed E-state index contributed by atoms with van der Waals surface area (Å²) in [6, 6.07) is 13.7. The first-order valence-electron chi connectivity index (χ1n) is 12.4. The highest BCUT2D eigenvalue weighted by atomic mass is 35.5. The topological polar surface area (TPSA) is 132 Å². The second-order valence-corrected chi connectivity index (χ2v) is 11.7. The van der Waals surface area contributed by atoms with Crippen LogP contribution in [0.2, 0.25) is 10.0 Å². The Morgan fingerprint density at radius 1 is 0.951 bits per heavy atom. The number of nitrogens with zero attached hydrogens (tertiary/aromatic N) is 3. The molecule has 0 radical (unpaired) electrons. The molecule has 41 heavy (non-hydrogen) atoms. The van der Waals surface area contributed by atoms with Crippen LogP contribution in [0.5, 0.6) is 11.6 Å². The molecule has 0 saturated heterocycles. The summed E-state index contributed by atoms with van der Waals surface area (Å²) >= 11 is 12.4. The van der Waals surface area contributed by atoms with E-state index >= 15 is 4.39 Å². The van der Waals surface area contributed by atoms with Gasteiger partial charge in [-0.2, -0.15) is 0 Å². The summed E-state index contributed by atoms with van der Waals surface area (Å²) in [5.41, 5.74) is 6.89. The molecule has 2 aromatic heterocycles. The number of sulfonamides is 1. The molecule has 0 atom stereocenters. The number of aromatic nitrogens is 3. The Bertz CT molecular complexity index is 1620. The molecule has 2 aromatic carbocycles. The molecule has 0 spiro atoms. The lowest BCUT2D eigenvalue weighted by atomic mass is 9.92. The molecule has 0 bridgehead atoms. The maximum Gasteiger partial charge on any atom is 0.263 e. The third-order valence-corrected chi connectivity index (χ3v) is 8.55. The number of anilines is 2. The molecule has 9 nitrogen and oxygen atoms in total. The van der Waals surface area contributed by atoms with Crippen molar-refractivity contribution in [1.29, 1.82) is 0 Å². The van der Waals surface area contributed by atoms with E-state index in [1.54, 1.807) is 30.5 Å². The highest BCUT2D eigenvalue weighted by Crippen LogP contribution is 2.38. The van der Waals surface area contributed by atoms with E-state index in [-0.39, 0.29) is 56.7 Å². The summed E-state index contributed by atoms with van der Waals surface area (Å²) in [6.07, 6.45) is 6.83. The Morgan fingerprint density at radius 3 is 2.44 bits per heavy atom. The van der Waals surface area contributed by atoms with Gasteiger partial charge in [0.15, 0.2) is 11.6 Å². The van der Waals surface area contributed by atoms with Gasteiger partial charge in [0.05, 0.1) is 27.0 Å². The molecule has 1 aliphatic rings. The molecule has 216 valence electrons. The van der Waals surface area contributed by atoms with Gasteiger partial charge < -0.3 is 15.8 Å². The van der Waals surface area contributed by atoms with Crippen LogP contribution >= 0.6 is 35.6 Å². The minimum absolute atomic E-state index is 0. The second-order valence-electron chi connectivity index (χ2n) is 9.28. The highest BCUT2D eigenvalue weighted by Gasteiger charge is 2.22. The number of hydrogen-bond acceptors (Lipinski definition) is 8. The van der Waals surface area contributed by atoms with Gasteiger partial charge in [-0.1, -0.05) is 35.3 Å². The van der Waals surface area contributed by atoms with Crippen molar-refractivity contribution in [3.05, 3.63) is 82.9 Å². The molecule has 0 unspecified atom stereocenters. The maximum absolute atomic E-state index is 15.2. The van der Waals surface area contributed by atoms with Gasteiger partial charge in [-0.15, -0.1) is 12.4 Å². The first-order chi connectivity index (χ1) is 19.2. The van der Waals surface area contributed by atoms with Crippen molar-refractivity contribution in [1.82, 2.24) is 15.0 Å². The predicted octanol–water partition coefficient (Wildman–Crippen LogP) is 6.68. The number of nitrogens with one attached hydrogen (secondary N) is 2. The average molecular weight is 640 g/mol. The minimum atomic E-state index is -4.10. The lowest BCUT2D eigenvalue weighted by molar-refractivity contribution is 0.410. The van der Waals surface area contributed by atoms with Crippen LogP contribution in [0, 0.1) is 5.82 Å². The molecule has 14 heteroatoms. The van der Waals surface area contributed by atoms with Crippen molar-refractivity contribution in [3.63, 3.8) is 0 Å². The number of rotatable bonds is 8. The summed E-state index contributed by atoms with van der Waals surface area (Å²) in [5.74, 6) is -0.720. The molecule has 1 saturated carbocycles. The second kappa shape index (κ2) is 13.2. The zero-order valence-electron chi connectivity index (χ0n) is 21.4. The smallest absolute Gasteiger partial charge is 0.263 e. The van der Waals surface area contributed by atoms with Crippen LogP contribution in [0.25, 0.3) is 11.3 Å². The first-order valence-corrected chi connectivity index (χ1v) is 14.7. The lowest BCUT2D eigenvalue weighted by Gasteiger charge is -2.26. The number of nitrogens with two attached hydrogens (primary N) is 1. The van der Waals surface area contributed by atoms with E-state index in [0.29, 0.717) is 17.2 Å². The van der Waals surface area contributed by atoms with Gasteiger partial charge in [0.2, 0.25) is 11.8 Å². The SMILES string of the molecule is Cl.NC1CCC(Nc2nccc(-c3cccnc3Oc3c(F)cc(NS(=O)(=O)c4ccccc4Cl)cc3Cl)n2)CC1. The van der Waals surface area contributed by atoms with E-state index in [1.807, 2.05) is 0 Å². The largest absolute Gasteiger partial charge is 0.434 e. The first kappa shape index (κ1) is 30.7. The number of pyridine rings is 1. The molecule has 5 rings (SSSR count). The van der Waals surface area contributed by atoms with Crippen LogP contribution in [-0.4, -0.2) is 35.5 Å². The molecule has 1 aliphatic carbocycles. The quantitative estimate of drug-likeness (QED) is 0.195. The molecular formula is C27H26Cl3FN6O3S. The number of benzene rings is 2. The van der Waals surface area contributed by atoms with Crippen LogP contribution in [0.15, 0.2) is 71.9 Å². The van der Waals surface area contributed by atoms with Crippen molar-refractivity contribution in [2.75, 3.05) is 10.0 Å². The number of halogens is 4. The third kappa shape index (κ3) is 7.35. The molecule has 2 heterocycles. The summed E-state index contributed by atoms with van der Waals surface area (Å²) in [7, 11) is -4.10. The van der Waals surface area contributed by atoms with Crippen molar-refractivity contribution in [2.45, 2.75) is 42.7 Å². The molecule has 1 fully saturated rings. The fourth-order valence-corrected chi connectivity index (χ4v) is 6.18. The highest BCUT2D eigenvalue weighted by molar-refractivity contribution is 7.92. The maximum atomic E-state index is 15.2. The lowest BCUT2D eigenvalue weighted by Crippen LogP contribution is -2.33. The number of hydrogen-bond donors (Lipinski definition) is 3. The van der Waals surface area contributed by atoms with Gasteiger partial charge in [0, 0.05) is 30.5 Å². The van der Waals surface area contributed by atoms with Crippen molar-refractivity contribution in [3.8, 4) is 22.9 Å². The molecule has 4 N–H and O–H groups in total. The van der Waals surface area contributed by atoms with E-state index in [0.717, 1.165) is 31.7 Å². The predicted molar refractivity (Wildman–Crippen MR) is 160 cm³/mol. The van der Waals surface area contributed by atoms with E-state index in [2.05, 4.69) is 25.0 Å². The van der Waals surface area contributed by atoms with Gasteiger partial charge >= 0.3 is 0 Å². The van der Waals surface area contributed by atoms with E-state index in [4.69, 9.17) is 33.7 Å². The van der Waals surface area contributed by atoms with Gasteiger partial charge in [-0.05, 0) is 62.1 Å². The Hall–Kier alpha value is -3.22. The Kier molecular flexibility index (Phi) is 9.88. The normalized spacial score (nSPS) is 16.9. The summed E-state index contributed by atoms with van der Waals surface area (Å²) < 4.78 is 48.8. The van der Waals surface area contributed by atoms with Crippen molar-refractivity contribution >= 4 is 57.3 Å². The van der Waals surface area contributed by atoms with Crippen LogP contribution in [0.4, 0.5) is 16.0 Å². The standard InChI is InChI=1S/C27H25Cl2FN6O3S.ClH/c28-20-5-1-2-6-24(20)40(37,38)36-18-14-21(29)25(22(30)15-18)39-26-19(4-3-12-32-26)23-11-13-33-27(35-23)34-17-9-7-16(31)8-10-17;/h1-6,11-17,36H,7-10,31H2,(H,33,34,35);1H. The van der Waals surface area contributed by atoms with Crippen molar-refractivity contribution in [2.24, 2.45) is 5.73 Å². The van der Waals surface area contributed by atoms with Crippen LogP contribution in [0.1, 0.15) is 25.7 Å². The average Bonchev–Trinajstić information content (AvgIpc) is 2.92. The monoisotopic (exact) mass is 638 g/mol. The summed E-state index contributed by atoms with van der Waals surface area (Å²) in [5, 5.41) is 3.21. The zero-order valence-corrected chi connectivity index (χ0v) is 24.6. The van der Waals surface area contributed by atoms with Crippen LogP contribution in [0.3, 0.4) is 0 Å². The Labute approximate surface area is 253 Å². The van der Waals surface area contributed by atoms with Gasteiger partial charge in [-0.3, -0.25) is 4.72 Å². The van der Waals surface area contributed by atoms with E-state index < -0.39 is 15.8 Å². The molecule has 0 aliphatic heterocycles. The van der Waals surface area contributed by atoms with Gasteiger partial charge in [-0.25, -0.2) is 27.8 Å². The summed E-state index contributed by atoms with van der Waals surface area (Å²) in [6.45, 7) is 0.